The fourth-order valence-electron chi connectivity index (χ4n) is 2.64. The normalized spacial score (nSPS) is 20.2. The van der Waals surface area contributed by atoms with Crippen LogP contribution in [0, 0.1) is 5.41 Å². The van der Waals surface area contributed by atoms with E-state index in [2.05, 4.69) is 9.88 Å². The molecule has 1 aromatic rings. The van der Waals surface area contributed by atoms with E-state index in [9.17, 15) is 0 Å². The van der Waals surface area contributed by atoms with Crippen LogP contribution in [0.2, 0.25) is 0 Å². The zero-order valence-corrected chi connectivity index (χ0v) is 11.4. The molecule has 18 heavy (non-hydrogen) atoms. The zero-order valence-electron chi connectivity index (χ0n) is 11.4. The van der Waals surface area contributed by atoms with Crippen molar-refractivity contribution in [3.63, 3.8) is 0 Å². The Hall–Kier alpha value is -1.19. The van der Waals surface area contributed by atoms with E-state index >= 15 is 0 Å². The third kappa shape index (κ3) is 2.63. The molecule has 0 amide bonds. The van der Waals surface area contributed by atoms with Crippen molar-refractivity contribution in [1.82, 2.24) is 4.98 Å². The van der Waals surface area contributed by atoms with Gasteiger partial charge in [0.15, 0.2) is 0 Å². The summed E-state index contributed by atoms with van der Waals surface area (Å²) < 4.78 is 0. The Morgan fingerprint density at radius 2 is 1.83 bits per heavy atom. The lowest BCUT2D eigenvalue weighted by atomic mass is 9.93. The van der Waals surface area contributed by atoms with Crippen molar-refractivity contribution < 1.29 is 0 Å². The molecule has 2 radical (unpaired) electrons. The number of nitrogen functional groups attached to an aromatic ring is 1. The molecular weight excluding hydrogens is 221 g/mol. The Morgan fingerprint density at radius 1 is 1.22 bits per heavy atom. The van der Waals surface area contributed by atoms with Crippen molar-refractivity contribution in [2.24, 2.45) is 5.41 Å². The molecule has 1 saturated carbocycles. The van der Waals surface area contributed by atoms with Gasteiger partial charge in [0.2, 0.25) is 0 Å². The standard InChI is InChI=1S/C12H16BN3.C2H6/c13-11-7-10(9(14)8-15-11)16-5-3-12(1-2-12)4-6-16;1-2/h7-8H,1-6,14H2;1-2H3. The maximum absolute atomic E-state index is 5.94. The summed E-state index contributed by atoms with van der Waals surface area (Å²) in [6.07, 6.45) is 7.11. The first-order chi connectivity index (χ1) is 8.69. The number of nitrogens with two attached hydrogens (primary N) is 1. The highest BCUT2D eigenvalue weighted by molar-refractivity contribution is 6.31. The lowest BCUT2D eigenvalue weighted by Gasteiger charge is -2.34. The highest BCUT2D eigenvalue weighted by Gasteiger charge is 2.44. The number of hydrogen-bond donors (Lipinski definition) is 1. The highest BCUT2D eigenvalue weighted by Crippen LogP contribution is 2.54. The molecule has 0 unspecified atom stereocenters. The van der Waals surface area contributed by atoms with E-state index in [4.69, 9.17) is 13.6 Å². The van der Waals surface area contributed by atoms with Gasteiger partial charge in [0.1, 0.15) is 7.85 Å². The Balaban J connectivity index is 0.000000574. The largest absolute Gasteiger partial charge is 0.396 e. The van der Waals surface area contributed by atoms with Crippen molar-refractivity contribution in [3.8, 4) is 0 Å². The molecule has 1 aliphatic heterocycles. The lowest BCUT2D eigenvalue weighted by Crippen LogP contribution is -2.35. The van der Waals surface area contributed by atoms with Gasteiger partial charge < -0.3 is 10.6 Å². The number of nitrogens with zero attached hydrogens (tertiary/aromatic N) is 2. The topological polar surface area (TPSA) is 42.1 Å². The SMILES string of the molecule is CC.[B]c1cc(N2CCC3(CC2)CC3)c(N)cn1. The summed E-state index contributed by atoms with van der Waals surface area (Å²) in [6, 6.07) is 1.89. The van der Waals surface area contributed by atoms with Crippen LogP contribution in [0.3, 0.4) is 0 Å². The maximum atomic E-state index is 5.94. The average molecular weight is 243 g/mol. The number of pyridine rings is 1. The zero-order chi connectivity index (χ0) is 13.2. The highest BCUT2D eigenvalue weighted by atomic mass is 15.1. The lowest BCUT2D eigenvalue weighted by molar-refractivity contribution is 0.384. The molecule has 2 heterocycles. The van der Waals surface area contributed by atoms with E-state index in [1.807, 2.05) is 19.9 Å². The molecule has 3 rings (SSSR count). The van der Waals surface area contributed by atoms with E-state index in [0.29, 0.717) is 11.0 Å². The second kappa shape index (κ2) is 5.21. The molecule has 0 bridgehead atoms. The molecule has 0 aromatic carbocycles. The molecule has 4 heteroatoms. The molecule has 2 aliphatic rings. The van der Waals surface area contributed by atoms with Crippen molar-refractivity contribution in [2.75, 3.05) is 23.7 Å². The van der Waals surface area contributed by atoms with Crippen LogP contribution in [0.15, 0.2) is 12.3 Å². The van der Waals surface area contributed by atoms with Crippen LogP contribution in [0.25, 0.3) is 0 Å². The van der Waals surface area contributed by atoms with Gasteiger partial charge in [0.25, 0.3) is 0 Å². The maximum Gasteiger partial charge on any atom is 0.141 e. The predicted molar refractivity (Wildman–Crippen MR) is 78.5 cm³/mol. The van der Waals surface area contributed by atoms with E-state index < -0.39 is 0 Å². The number of rotatable bonds is 1. The molecule has 2 fully saturated rings. The van der Waals surface area contributed by atoms with Crippen LogP contribution >= 0.6 is 0 Å². The minimum atomic E-state index is 0.552. The van der Waals surface area contributed by atoms with E-state index in [1.54, 1.807) is 6.20 Å². The van der Waals surface area contributed by atoms with Crippen LogP contribution in [0.4, 0.5) is 11.4 Å². The first-order valence-corrected chi connectivity index (χ1v) is 6.95. The number of piperidine rings is 1. The minimum Gasteiger partial charge on any atom is -0.396 e. The van der Waals surface area contributed by atoms with Gasteiger partial charge in [-0.1, -0.05) is 13.8 Å². The van der Waals surface area contributed by atoms with Crippen LogP contribution in [0.1, 0.15) is 39.5 Å². The Kier molecular flexibility index (Phi) is 3.83. The van der Waals surface area contributed by atoms with Gasteiger partial charge in [-0.3, -0.25) is 4.98 Å². The predicted octanol–water partition coefficient (Wildman–Crippen LogP) is 1.86. The third-order valence-corrected chi connectivity index (χ3v) is 4.05. The average Bonchev–Trinajstić information content (AvgIpc) is 3.16. The van der Waals surface area contributed by atoms with Crippen molar-refractivity contribution >= 4 is 24.8 Å². The first-order valence-electron chi connectivity index (χ1n) is 6.95. The quantitative estimate of drug-likeness (QED) is 0.765. The summed E-state index contributed by atoms with van der Waals surface area (Å²) in [6.45, 7) is 6.21. The van der Waals surface area contributed by atoms with Gasteiger partial charge in [-0.15, -0.1) is 0 Å². The summed E-state index contributed by atoms with van der Waals surface area (Å²) in [7, 11) is 5.71. The van der Waals surface area contributed by atoms with Gasteiger partial charge in [-0.2, -0.15) is 0 Å². The minimum absolute atomic E-state index is 0.552. The molecule has 2 N–H and O–H groups in total. The Labute approximate surface area is 111 Å². The molecule has 0 atom stereocenters. The van der Waals surface area contributed by atoms with E-state index in [-0.39, 0.29) is 0 Å². The van der Waals surface area contributed by atoms with Crippen LogP contribution in [0.5, 0.6) is 0 Å². The summed E-state index contributed by atoms with van der Waals surface area (Å²) in [5.41, 5.74) is 8.99. The summed E-state index contributed by atoms with van der Waals surface area (Å²) in [5, 5.41) is 0. The van der Waals surface area contributed by atoms with E-state index in [0.717, 1.165) is 24.5 Å². The number of aromatic nitrogens is 1. The molecular formula is C14H22BN3. The second-order valence-corrected chi connectivity index (χ2v) is 5.16. The van der Waals surface area contributed by atoms with E-state index in [1.165, 1.54) is 25.7 Å². The van der Waals surface area contributed by atoms with Gasteiger partial charge in [0.05, 0.1) is 17.6 Å². The van der Waals surface area contributed by atoms with Crippen LogP contribution in [-0.4, -0.2) is 25.9 Å². The molecule has 96 valence electrons. The summed E-state index contributed by atoms with van der Waals surface area (Å²) >= 11 is 0. The second-order valence-electron chi connectivity index (χ2n) is 5.16. The number of hydrogen-bond acceptors (Lipinski definition) is 3. The van der Waals surface area contributed by atoms with Gasteiger partial charge in [-0.05, 0) is 42.8 Å². The Bertz CT molecular complexity index is 406. The summed E-state index contributed by atoms with van der Waals surface area (Å²) in [5.74, 6) is 0. The summed E-state index contributed by atoms with van der Waals surface area (Å²) in [4.78, 5) is 6.35. The van der Waals surface area contributed by atoms with Crippen molar-refractivity contribution in [2.45, 2.75) is 39.5 Å². The van der Waals surface area contributed by atoms with Crippen molar-refractivity contribution in [3.05, 3.63) is 12.3 Å². The molecule has 1 spiro atoms. The third-order valence-electron chi connectivity index (χ3n) is 4.05. The molecule has 1 saturated heterocycles. The van der Waals surface area contributed by atoms with Gasteiger partial charge >= 0.3 is 0 Å². The molecule has 3 nitrogen and oxygen atoms in total. The molecule has 1 aromatic heterocycles. The fourth-order valence-corrected chi connectivity index (χ4v) is 2.64. The molecule has 1 aliphatic carbocycles. The van der Waals surface area contributed by atoms with Gasteiger partial charge in [0, 0.05) is 13.1 Å². The monoisotopic (exact) mass is 243 g/mol. The van der Waals surface area contributed by atoms with Crippen LogP contribution in [-0.2, 0) is 0 Å². The smallest absolute Gasteiger partial charge is 0.141 e. The van der Waals surface area contributed by atoms with Crippen molar-refractivity contribution in [1.29, 1.82) is 0 Å². The fraction of sp³-hybridized carbons (Fsp3) is 0.643. The Morgan fingerprint density at radius 3 is 2.39 bits per heavy atom. The first kappa shape index (κ1) is 13.3. The van der Waals surface area contributed by atoms with Crippen LogP contribution < -0.4 is 16.2 Å². The van der Waals surface area contributed by atoms with Gasteiger partial charge in [-0.25, -0.2) is 0 Å². The number of anilines is 2.